The molecule has 1 rings (SSSR count). The van der Waals surface area contributed by atoms with E-state index < -0.39 is 6.10 Å². The summed E-state index contributed by atoms with van der Waals surface area (Å²) in [6.45, 7) is 2.99. The van der Waals surface area contributed by atoms with Gasteiger partial charge in [-0.25, -0.2) is 0 Å². The number of aliphatic hydroxyl groups excluding tert-OH is 1. The molecular formula is C7H13NO2. The molecule has 1 heterocycles. The van der Waals surface area contributed by atoms with Gasteiger partial charge in [-0.1, -0.05) is 0 Å². The van der Waals surface area contributed by atoms with Gasteiger partial charge in [0.2, 0.25) is 0 Å². The number of carbonyl (C=O) groups is 1. The molecule has 2 unspecified atom stereocenters. The monoisotopic (exact) mass is 143 g/mol. The van der Waals surface area contributed by atoms with Gasteiger partial charge >= 0.3 is 0 Å². The summed E-state index contributed by atoms with van der Waals surface area (Å²) in [7, 11) is 0. The zero-order valence-electron chi connectivity index (χ0n) is 6.13. The zero-order chi connectivity index (χ0) is 7.56. The summed E-state index contributed by atoms with van der Waals surface area (Å²) >= 11 is 0. The third kappa shape index (κ3) is 1.55. The third-order valence-electron chi connectivity index (χ3n) is 1.97. The molecule has 1 saturated heterocycles. The van der Waals surface area contributed by atoms with Crippen molar-refractivity contribution in [3.63, 3.8) is 0 Å². The number of Topliss-reactive ketones (excluding diaryl/α,β-unsaturated/α-hetero) is 1. The highest BCUT2D eigenvalue weighted by atomic mass is 16.3. The first kappa shape index (κ1) is 7.69. The van der Waals surface area contributed by atoms with E-state index in [2.05, 4.69) is 5.32 Å². The summed E-state index contributed by atoms with van der Waals surface area (Å²) in [5.74, 6) is -0.0894. The van der Waals surface area contributed by atoms with Crippen molar-refractivity contribution in [2.75, 3.05) is 13.1 Å². The van der Waals surface area contributed by atoms with E-state index in [1.807, 2.05) is 0 Å². The van der Waals surface area contributed by atoms with E-state index in [9.17, 15) is 9.90 Å². The maximum atomic E-state index is 10.8. The van der Waals surface area contributed by atoms with E-state index in [0.717, 1.165) is 6.54 Å². The van der Waals surface area contributed by atoms with Crippen LogP contribution in [0.2, 0.25) is 0 Å². The smallest absolute Gasteiger partial charge is 0.136 e. The Morgan fingerprint density at radius 3 is 2.80 bits per heavy atom. The molecule has 2 N–H and O–H groups in total. The standard InChI is InChI=1S/C7H13NO2/c1-5(9)6-4-8-3-2-7(6)10/h6-8,10H,2-4H2,1H3. The quantitative estimate of drug-likeness (QED) is 0.522. The number of ketones is 1. The number of hydrogen-bond donors (Lipinski definition) is 2. The molecule has 0 aliphatic carbocycles. The molecule has 2 atom stereocenters. The first-order valence-corrected chi connectivity index (χ1v) is 3.61. The highest BCUT2D eigenvalue weighted by Crippen LogP contribution is 2.11. The molecule has 1 aliphatic heterocycles. The van der Waals surface area contributed by atoms with E-state index in [1.165, 1.54) is 6.92 Å². The van der Waals surface area contributed by atoms with Gasteiger partial charge in [0.05, 0.1) is 12.0 Å². The molecule has 3 heteroatoms. The predicted molar refractivity (Wildman–Crippen MR) is 37.7 cm³/mol. The van der Waals surface area contributed by atoms with Gasteiger partial charge in [-0.2, -0.15) is 0 Å². The topological polar surface area (TPSA) is 49.3 Å². The molecule has 0 aromatic rings. The zero-order valence-corrected chi connectivity index (χ0v) is 6.13. The van der Waals surface area contributed by atoms with Gasteiger partial charge in [0.15, 0.2) is 0 Å². The minimum atomic E-state index is -0.418. The fourth-order valence-corrected chi connectivity index (χ4v) is 1.26. The molecule has 0 spiro atoms. The van der Waals surface area contributed by atoms with Crippen LogP contribution < -0.4 is 5.32 Å². The van der Waals surface area contributed by atoms with Gasteiger partial charge in [-0.05, 0) is 19.9 Å². The van der Waals surface area contributed by atoms with E-state index in [0.29, 0.717) is 13.0 Å². The Hall–Kier alpha value is -0.410. The second kappa shape index (κ2) is 3.12. The summed E-state index contributed by atoms with van der Waals surface area (Å²) in [5, 5.41) is 12.3. The largest absolute Gasteiger partial charge is 0.392 e. The second-order valence-electron chi connectivity index (χ2n) is 2.78. The fourth-order valence-electron chi connectivity index (χ4n) is 1.26. The van der Waals surface area contributed by atoms with Gasteiger partial charge in [0.25, 0.3) is 0 Å². The van der Waals surface area contributed by atoms with Crippen LogP contribution in [0.5, 0.6) is 0 Å². The number of rotatable bonds is 1. The van der Waals surface area contributed by atoms with E-state index in [4.69, 9.17) is 0 Å². The van der Waals surface area contributed by atoms with Gasteiger partial charge in [-0.3, -0.25) is 4.79 Å². The number of hydrogen-bond acceptors (Lipinski definition) is 3. The maximum absolute atomic E-state index is 10.8. The van der Waals surface area contributed by atoms with Crippen LogP contribution in [-0.4, -0.2) is 30.1 Å². The normalized spacial score (nSPS) is 33.8. The van der Waals surface area contributed by atoms with E-state index in [1.54, 1.807) is 0 Å². The van der Waals surface area contributed by atoms with Crippen LogP contribution in [0, 0.1) is 5.92 Å². The van der Waals surface area contributed by atoms with Crippen molar-refractivity contribution >= 4 is 5.78 Å². The Morgan fingerprint density at radius 1 is 1.70 bits per heavy atom. The highest BCUT2D eigenvalue weighted by Gasteiger charge is 2.25. The SMILES string of the molecule is CC(=O)C1CNCCC1O. The Kier molecular flexibility index (Phi) is 2.40. The molecule has 0 radical (unpaired) electrons. The molecule has 1 aliphatic rings. The van der Waals surface area contributed by atoms with E-state index >= 15 is 0 Å². The minimum Gasteiger partial charge on any atom is -0.392 e. The molecule has 1 fully saturated rings. The van der Waals surface area contributed by atoms with Crippen molar-refractivity contribution in [2.45, 2.75) is 19.4 Å². The molecule has 3 nitrogen and oxygen atoms in total. The van der Waals surface area contributed by atoms with Gasteiger partial charge < -0.3 is 10.4 Å². The lowest BCUT2D eigenvalue weighted by Crippen LogP contribution is -2.43. The lowest BCUT2D eigenvalue weighted by Gasteiger charge is -2.25. The van der Waals surface area contributed by atoms with Crippen molar-refractivity contribution < 1.29 is 9.90 Å². The summed E-state index contributed by atoms with van der Waals surface area (Å²) in [4.78, 5) is 10.8. The third-order valence-corrected chi connectivity index (χ3v) is 1.97. The molecule has 0 amide bonds. The van der Waals surface area contributed by atoms with Crippen LogP contribution in [0.4, 0.5) is 0 Å². The van der Waals surface area contributed by atoms with Crippen LogP contribution in [0.15, 0.2) is 0 Å². The van der Waals surface area contributed by atoms with Crippen LogP contribution in [0.3, 0.4) is 0 Å². The maximum Gasteiger partial charge on any atom is 0.136 e. The molecule has 0 bridgehead atoms. The lowest BCUT2D eigenvalue weighted by atomic mass is 9.93. The second-order valence-corrected chi connectivity index (χ2v) is 2.78. The first-order chi connectivity index (χ1) is 4.72. The first-order valence-electron chi connectivity index (χ1n) is 3.61. The van der Waals surface area contributed by atoms with Crippen molar-refractivity contribution in [1.82, 2.24) is 5.32 Å². The highest BCUT2D eigenvalue weighted by molar-refractivity contribution is 5.79. The Morgan fingerprint density at radius 2 is 2.40 bits per heavy atom. The average Bonchev–Trinajstić information content (AvgIpc) is 1.88. The Balaban J connectivity index is 2.47. The minimum absolute atomic E-state index is 0.0831. The molecule has 10 heavy (non-hydrogen) atoms. The van der Waals surface area contributed by atoms with Crippen molar-refractivity contribution in [2.24, 2.45) is 5.92 Å². The molecule has 0 aromatic heterocycles. The predicted octanol–water partition coefficient (Wildman–Crippen LogP) is -0.454. The fraction of sp³-hybridized carbons (Fsp3) is 0.857. The van der Waals surface area contributed by atoms with Crippen LogP contribution >= 0.6 is 0 Å². The Bertz CT molecular complexity index is 136. The van der Waals surface area contributed by atoms with E-state index in [-0.39, 0.29) is 11.7 Å². The Labute approximate surface area is 60.4 Å². The summed E-state index contributed by atoms with van der Waals surface area (Å²) < 4.78 is 0. The van der Waals surface area contributed by atoms with Gasteiger partial charge in [0.1, 0.15) is 5.78 Å². The number of carbonyl (C=O) groups excluding carboxylic acids is 1. The number of aliphatic hydroxyl groups is 1. The van der Waals surface area contributed by atoms with Crippen molar-refractivity contribution in [3.05, 3.63) is 0 Å². The summed E-state index contributed by atoms with van der Waals surface area (Å²) in [6.07, 6.45) is 0.281. The summed E-state index contributed by atoms with van der Waals surface area (Å²) in [6, 6.07) is 0. The van der Waals surface area contributed by atoms with Crippen LogP contribution in [0.25, 0.3) is 0 Å². The van der Waals surface area contributed by atoms with Gasteiger partial charge in [0, 0.05) is 6.54 Å². The van der Waals surface area contributed by atoms with Crippen molar-refractivity contribution in [3.8, 4) is 0 Å². The summed E-state index contributed by atoms with van der Waals surface area (Å²) in [5.41, 5.74) is 0. The lowest BCUT2D eigenvalue weighted by molar-refractivity contribution is -0.124. The average molecular weight is 143 g/mol. The molecule has 58 valence electrons. The van der Waals surface area contributed by atoms with Gasteiger partial charge in [-0.15, -0.1) is 0 Å². The van der Waals surface area contributed by atoms with Crippen molar-refractivity contribution in [1.29, 1.82) is 0 Å². The van der Waals surface area contributed by atoms with Crippen LogP contribution in [0.1, 0.15) is 13.3 Å². The number of piperidine rings is 1. The molecule has 0 saturated carbocycles. The number of nitrogens with one attached hydrogen (secondary N) is 1. The van der Waals surface area contributed by atoms with Crippen LogP contribution in [-0.2, 0) is 4.79 Å². The molecular weight excluding hydrogens is 130 g/mol. The molecule has 0 aromatic carbocycles.